The normalized spacial score (nSPS) is 12.4. The first-order valence-electron chi connectivity index (χ1n) is 7.39. The van der Waals surface area contributed by atoms with Gasteiger partial charge in [0.2, 0.25) is 0 Å². The molecule has 0 saturated heterocycles. The second kappa shape index (κ2) is 10.8. The monoisotopic (exact) mass is 272 g/mol. The van der Waals surface area contributed by atoms with E-state index in [4.69, 9.17) is 9.84 Å². The van der Waals surface area contributed by atoms with Crippen LogP contribution in [0.4, 0.5) is 0 Å². The Morgan fingerprint density at radius 2 is 1.68 bits per heavy atom. The molecular weight excluding hydrogens is 244 g/mol. The Labute approximate surface area is 116 Å². The molecule has 0 aromatic carbocycles. The highest BCUT2D eigenvalue weighted by Gasteiger charge is 2.16. The van der Waals surface area contributed by atoms with Crippen LogP contribution in [-0.2, 0) is 14.3 Å². The molecule has 0 aromatic rings. The molecule has 0 heterocycles. The minimum absolute atomic E-state index is 0.0575. The van der Waals surface area contributed by atoms with Crippen LogP contribution in [0.15, 0.2) is 0 Å². The van der Waals surface area contributed by atoms with Crippen LogP contribution in [0, 0.1) is 5.92 Å². The summed E-state index contributed by atoms with van der Waals surface area (Å²) in [5.74, 6) is -1.06. The topological polar surface area (TPSA) is 63.6 Å². The van der Waals surface area contributed by atoms with Crippen LogP contribution >= 0.6 is 0 Å². The van der Waals surface area contributed by atoms with Crippen molar-refractivity contribution >= 4 is 11.9 Å². The van der Waals surface area contributed by atoms with Gasteiger partial charge < -0.3 is 9.84 Å². The van der Waals surface area contributed by atoms with E-state index < -0.39 is 5.97 Å². The maximum Gasteiger partial charge on any atom is 0.306 e. The predicted molar refractivity (Wildman–Crippen MR) is 75.0 cm³/mol. The molecule has 0 aromatic heterocycles. The molecule has 0 amide bonds. The van der Waals surface area contributed by atoms with Crippen molar-refractivity contribution in [3.8, 4) is 0 Å². The molecule has 0 bridgehead atoms. The number of carboxylic acid groups (broad SMARTS) is 1. The number of hydrogen-bond donors (Lipinski definition) is 1. The molecule has 0 spiro atoms. The van der Waals surface area contributed by atoms with E-state index in [2.05, 4.69) is 6.92 Å². The highest BCUT2D eigenvalue weighted by atomic mass is 16.5. The third-order valence-corrected chi connectivity index (χ3v) is 3.06. The Kier molecular flexibility index (Phi) is 10.2. The van der Waals surface area contributed by atoms with Gasteiger partial charge in [-0.05, 0) is 33.1 Å². The van der Waals surface area contributed by atoms with Crippen LogP contribution in [0.1, 0.15) is 72.1 Å². The van der Waals surface area contributed by atoms with E-state index in [-0.39, 0.29) is 18.0 Å². The Morgan fingerprint density at radius 3 is 2.21 bits per heavy atom. The molecule has 0 rings (SSSR count). The molecule has 0 aliphatic rings. The van der Waals surface area contributed by atoms with Gasteiger partial charge in [-0.3, -0.25) is 9.59 Å². The fourth-order valence-corrected chi connectivity index (χ4v) is 2.00. The molecule has 0 aliphatic heterocycles. The van der Waals surface area contributed by atoms with Crippen molar-refractivity contribution in [3.63, 3.8) is 0 Å². The smallest absolute Gasteiger partial charge is 0.306 e. The lowest BCUT2D eigenvalue weighted by Crippen LogP contribution is -2.13. The number of rotatable bonds is 11. The molecule has 19 heavy (non-hydrogen) atoms. The largest absolute Gasteiger partial charge is 0.481 e. The minimum Gasteiger partial charge on any atom is -0.481 e. The van der Waals surface area contributed by atoms with Crippen molar-refractivity contribution < 1.29 is 19.4 Å². The SMILES string of the molecule is CCCCC(CCCCCC(=O)OC(C)C)C(=O)O. The number of carboxylic acids is 1. The number of hydrogen-bond acceptors (Lipinski definition) is 3. The molecule has 4 heteroatoms. The van der Waals surface area contributed by atoms with Gasteiger partial charge in [-0.15, -0.1) is 0 Å². The lowest BCUT2D eigenvalue weighted by molar-refractivity contribution is -0.147. The first kappa shape index (κ1) is 17.9. The Morgan fingerprint density at radius 1 is 1.05 bits per heavy atom. The third-order valence-electron chi connectivity index (χ3n) is 3.06. The third kappa shape index (κ3) is 10.5. The van der Waals surface area contributed by atoms with Crippen molar-refractivity contribution in [2.24, 2.45) is 5.92 Å². The minimum atomic E-state index is -0.687. The molecule has 1 N–H and O–H groups in total. The van der Waals surface area contributed by atoms with Crippen LogP contribution < -0.4 is 0 Å². The molecule has 0 saturated carbocycles. The van der Waals surface area contributed by atoms with E-state index in [0.717, 1.165) is 38.5 Å². The first-order valence-corrected chi connectivity index (χ1v) is 7.39. The van der Waals surface area contributed by atoms with Crippen molar-refractivity contribution in [1.29, 1.82) is 0 Å². The molecule has 0 radical (unpaired) electrons. The van der Waals surface area contributed by atoms with Gasteiger partial charge in [-0.1, -0.05) is 32.6 Å². The summed E-state index contributed by atoms with van der Waals surface area (Å²) in [5.41, 5.74) is 0. The molecule has 112 valence electrons. The summed E-state index contributed by atoms with van der Waals surface area (Å²) in [4.78, 5) is 22.3. The summed E-state index contributed by atoms with van der Waals surface area (Å²) in [6.45, 7) is 5.74. The number of ether oxygens (including phenoxy) is 1. The average molecular weight is 272 g/mol. The van der Waals surface area contributed by atoms with Gasteiger partial charge in [0, 0.05) is 6.42 Å². The number of carbonyl (C=O) groups excluding carboxylic acids is 1. The lowest BCUT2D eigenvalue weighted by atomic mass is 9.95. The van der Waals surface area contributed by atoms with Crippen LogP contribution in [0.2, 0.25) is 0 Å². The summed E-state index contributed by atoms with van der Waals surface area (Å²) >= 11 is 0. The van der Waals surface area contributed by atoms with Crippen LogP contribution in [-0.4, -0.2) is 23.1 Å². The van der Waals surface area contributed by atoms with E-state index in [1.54, 1.807) is 0 Å². The Hall–Kier alpha value is -1.06. The first-order chi connectivity index (χ1) is 8.97. The van der Waals surface area contributed by atoms with Crippen molar-refractivity contribution in [2.75, 3.05) is 0 Å². The van der Waals surface area contributed by atoms with Gasteiger partial charge >= 0.3 is 11.9 Å². The van der Waals surface area contributed by atoms with Crippen molar-refractivity contribution in [2.45, 2.75) is 78.2 Å². The van der Waals surface area contributed by atoms with Gasteiger partial charge in [0.05, 0.1) is 12.0 Å². The number of esters is 1. The molecule has 4 nitrogen and oxygen atoms in total. The zero-order valence-corrected chi connectivity index (χ0v) is 12.5. The number of carbonyl (C=O) groups is 2. The standard InChI is InChI=1S/C15H28O4/c1-4-5-9-13(15(17)18)10-7-6-8-11-14(16)19-12(2)3/h12-13H,4-11H2,1-3H3,(H,17,18). The summed E-state index contributed by atoms with van der Waals surface area (Å²) in [6.07, 6.45) is 6.41. The average Bonchev–Trinajstić information content (AvgIpc) is 2.31. The highest BCUT2D eigenvalue weighted by molar-refractivity contribution is 5.70. The summed E-state index contributed by atoms with van der Waals surface area (Å²) in [7, 11) is 0. The van der Waals surface area contributed by atoms with Crippen LogP contribution in [0.5, 0.6) is 0 Å². The number of aliphatic carboxylic acids is 1. The highest BCUT2D eigenvalue weighted by Crippen LogP contribution is 2.17. The molecule has 0 fully saturated rings. The lowest BCUT2D eigenvalue weighted by Gasteiger charge is -2.11. The van der Waals surface area contributed by atoms with E-state index in [0.29, 0.717) is 12.8 Å². The molecular formula is C15H28O4. The fourth-order valence-electron chi connectivity index (χ4n) is 2.00. The van der Waals surface area contributed by atoms with Crippen molar-refractivity contribution in [1.82, 2.24) is 0 Å². The quantitative estimate of drug-likeness (QED) is 0.459. The van der Waals surface area contributed by atoms with Gasteiger partial charge in [0.25, 0.3) is 0 Å². The Bertz CT molecular complexity index is 261. The maximum absolute atomic E-state index is 11.3. The van der Waals surface area contributed by atoms with Gasteiger partial charge in [-0.2, -0.15) is 0 Å². The van der Waals surface area contributed by atoms with Crippen LogP contribution in [0.25, 0.3) is 0 Å². The number of unbranched alkanes of at least 4 members (excludes halogenated alkanes) is 3. The van der Waals surface area contributed by atoms with E-state index >= 15 is 0 Å². The van der Waals surface area contributed by atoms with Gasteiger partial charge in [0.15, 0.2) is 0 Å². The van der Waals surface area contributed by atoms with E-state index in [1.165, 1.54) is 0 Å². The molecule has 1 atom stereocenters. The summed E-state index contributed by atoms with van der Waals surface area (Å²) in [6, 6.07) is 0. The van der Waals surface area contributed by atoms with Crippen molar-refractivity contribution in [3.05, 3.63) is 0 Å². The van der Waals surface area contributed by atoms with Crippen LogP contribution in [0.3, 0.4) is 0 Å². The summed E-state index contributed by atoms with van der Waals surface area (Å²) in [5, 5.41) is 9.07. The van der Waals surface area contributed by atoms with E-state index in [1.807, 2.05) is 13.8 Å². The Balaban J connectivity index is 3.65. The zero-order chi connectivity index (χ0) is 14.7. The maximum atomic E-state index is 11.3. The predicted octanol–water partition coefficient (Wildman–Crippen LogP) is 3.78. The van der Waals surface area contributed by atoms with E-state index in [9.17, 15) is 9.59 Å². The second-order valence-electron chi connectivity index (χ2n) is 5.32. The second-order valence-corrected chi connectivity index (χ2v) is 5.32. The van der Waals surface area contributed by atoms with Gasteiger partial charge in [0.1, 0.15) is 0 Å². The summed E-state index contributed by atoms with van der Waals surface area (Å²) < 4.78 is 5.04. The molecule has 1 unspecified atom stereocenters. The fraction of sp³-hybridized carbons (Fsp3) is 0.867. The zero-order valence-electron chi connectivity index (χ0n) is 12.5. The molecule has 0 aliphatic carbocycles. The van der Waals surface area contributed by atoms with Gasteiger partial charge in [-0.25, -0.2) is 0 Å².